The molecule has 1 amide bonds. The van der Waals surface area contributed by atoms with E-state index in [0.717, 1.165) is 17.7 Å². The van der Waals surface area contributed by atoms with Crippen molar-refractivity contribution in [2.45, 2.75) is 45.4 Å². The summed E-state index contributed by atoms with van der Waals surface area (Å²) in [7, 11) is 0. The van der Waals surface area contributed by atoms with Crippen molar-refractivity contribution in [3.63, 3.8) is 0 Å². The fourth-order valence-corrected chi connectivity index (χ4v) is 3.52. The van der Waals surface area contributed by atoms with Crippen LogP contribution in [0.4, 0.5) is 0 Å². The maximum atomic E-state index is 11.0. The van der Waals surface area contributed by atoms with Crippen molar-refractivity contribution >= 4 is 28.8 Å². The summed E-state index contributed by atoms with van der Waals surface area (Å²) in [5, 5.41) is 3.07. The Bertz CT molecular complexity index is 771. The van der Waals surface area contributed by atoms with E-state index in [0.29, 0.717) is 37.5 Å². The number of carbonyl (C=O) groups is 1. The van der Waals surface area contributed by atoms with Gasteiger partial charge in [-0.05, 0) is 25.7 Å². The predicted octanol–water partition coefficient (Wildman–Crippen LogP) is 2.86. The molecule has 8 nitrogen and oxygen atoms in total. The second-order valence-electron chi connectivity index (χ2n) is 6.76. The Balaban J connectivity index is 1.38. The summed E-state index contributed by atoms with van der Waals surface area (Å²) in [6, 6.07) is 0.0102. The first-order chi connectivity index (χ1) is 13.5. The Kier molecular flexibility index (Phi) is 7.41. The maximum absolute atomic E-state index is 11.0. The Labute approximate surface area is 172 Å². The topological polar surface area (TPSA) is 95.5 Å². The zero-order valence-electron chi connectivity index (χ0n) is 15.8. The third kappa shape index (κ3) is 6.02. The van der Waals surface area contributed by atoms with Gasteiger partial charge in [-0.15, -0.1) is 11.3 Å². The number of hydrogen-bond acceptors (Lipinski definition) is 8. The van der Waals surface area contributed by atoms with Gasteiger partial charge in [-0.25, -0.2) is 9.97 Å². The minimum atomic E-state index is -0.0480. The smallest absolute Gasteiger partial charge is 0.240 e. The number of halogens is 1. The summed E-state index contributed by atoms with van der Waals surface area (Å²) in [5.74, 6) is 0.947. The van der Waals surface area contributed by atoms with Crippen LogP contribution in [0, 0.1) is 5.92 Å². The fourth-order valence-electron chi connectivity index (χ4n) is 2.81. The molecule has 0 unspecified atom stereocenters. The first kappa shape index (κ1) is 20.8. The minimum Gasteiger partial charge on any atom is -0.476 e. The Hall–Kier alpha value is -1.97. The van der Waals surface area contributed by atoms with E-state index in [-0.39, 0.29) is 23.1 Å². The molecule has 0 aromatic carbocycles. The fraction of sp³-hybridized carbons (Fsp3) is 0.556. The van der Waals surface area contributed by atoms with Gasteiger partial charge in [0, 0.05) is 19.2 Å². The van der Waals surface area contributed by atoms with Crippen LogP contribution < -0.4 is 14.8 Å². The van der Waals surface area contributed by atoms with Crippen molar-refractivity contribution < 1.29 is 19.0 Å². The molecule has 1 saturated carbocycles. The lowest BCUT2D eigenvalue weighted by atomic mass is 9.83. The number of rotatable bonds is 10. The van der Waals surface area contributed by atoms with Gasteiger partial charge in [-0.1, -0.05) is 11.6 Å². The predicted molar refractivity (Wildman–Crippen MR) is 105 cm³/mol. The molecule has 0 saturated heterocycles. The molecule has 1 aliphatic carbocycles. The van der Waals surface area contributed by atoms with Crippen molar-refractivity contribution in [1.29, 1.82) is 0 Å². The van der Waals surface area contributed by atoms with Crippen LogP contribution in [0.1, 0.15) is 31.6 Å². The molecule has 0 spiro atoms. The van der Waals surface area contributed by atoms with Crippen LogP contribution in [-0.2, 0) is 16.1 Å². The Morgan fingerprint density at radius 1 is 1.36 bits per heavy atom. The molecule has 2 aromatic heterocycles. The van der Waals surface area contributed by atoms with E-state index < -0.39 is 0 Å². The molecule has 10 heteroatoms. The van der Waals surface area contributed by atoms with Crippen LogP contribution in [-0.4, -0.2) is 46.2 Å². The highest BCUT2D eigenvalue weighted by Gasteiger charge is 2.31. The van der Waals surface area contributed by atoms with Crippen LogP contribution >= 0.6 is 22.9 Å². The van der Waals surface area contributed by atoms with Crippen LogP contribution in [0.25, 0.3) is 0 Å². The molecule has 3 rings (SSSR count). The van der Waals surface area contributed by atoms with E-state index in [1.54, 1.807) is 11.7 Å². The molecule has 0 radical (unpaired) electrons. The molecule has 2 heterocycles. The van der Waals surface area contributed by atoms with Gasteiger partial charge in [0.05, 0.1) is 29.7 Å². The van der Waals surface area contributed by atoms with E-state index >= 15 is 0 Å². The van der Waals surface area contributed by atoms with Gasteiger partial charge in [0.25, 0.3) is 0 Å². The monoisotopic (exact) mass is 426 g/mol. The van der Waals surface area contributed by atoms with Crippen LogP contribution in [0.15, 0.2) is 18.0 Å². The minimum absolute atomic E-state index is 0.0102. The lowest BCUT2D eigenvalue weighted by Crippen LogP contribution is -2.40. The zero-order valence-corrected chi connectivity index (χ0v) is 17.3. The van der Waals surface area contributed by atoms with Gasteiger partial charge in [0.15, 0.2) is 5.02 Å². The summed E-state index contributed by atoms with van der Waals surface area (Å²) >= 11 is 7.80. The van der Waals surface area contributed by atoms with Crippen molar-refractivity contribution in [3.8, 4) is 11.8 Å². The largest absolute Gasteiger partial charge is 0.476 e. The third-order valence-corrected chi connectivity index (χ3v) is 5.32. The van der Waals surface area contributed by atoms with Gasteiger partial charge >= 0.3 is 0 Å². The normalized spacial score (nSPS) is 19.5. The molecule has 1 aliphatic rings. The van der Waals surface area contributed by atoms with E-state index in [2.05, 4.69) is 20.3 Å². The molecule has 0 bridgehead atoms. The second-order valence-corrected chi connectivity index (χ2v) is 8.11. The summed E-state index contributed by atoms with van der Waals surface area (Å²) in [4.78, 5) is 24.1. The highest BCUT2D eigenvalue weighted by atomic mass is 35.5. The zero-order chi connectivity index (χ0) is 19.9. The lowest BCUT2D eigenvalue weighted by molar-refractivity contribution is -0.120. The number of nitrogens with zero attached hydrogens (tertiary/aromatic N) is 3. The first-order valence-corrected chi connectivity index (χ1v) is 10.3. The average Bonchev–Trinajstić information content (AvgIpc) is 3.13. The Morgan fingerprint density at radius 2 is 2.11 bits per heavy atom. The maximum Gasteiger partial charge on any atom is 0.240 e. The number of nitrogens with one attached hydrogen (secondary N) is 1. The lowest BCUT2D eigenvalue weighted by Gasteiger charge is -2.35. The SMILES string of the molecule is CC(=O)N[C@@H](C)COC1CC(COc2ncnc(OCc3cncs3)c2Cl)C1. The van der Waals surface area contributed by atoms with Gasteiger partial charge in [0.2, 0.25) is 17.7 Å². The van der Waals surface area contributed by atoms with E-state index in [1.807, 2.05) is 6.92 Å². The standard InChI is InChI=1S/C18H23ClN4O4S/c1-11(23-12(2)24)6-25-14-3-13(4-14)7-26-17-16(19)18(22-9-21-17)27-8-15-5-20-10-28-15/h5,9-11,13-14H,3-4,6-8H2,1-2H3,(H,23,24)/t11-,13?,14?/m0/s1. The molecular formula is C18H23ClN4O4S. The number of carbonyl (C=O) groups excluding carboxylic acids is 1. The quantitative estimate of drug-likeness (QED) is 0.624. The molecule has 28 heavy (non-hydrogen) atoms. The van der Waals surface area contributed by atoms with Gasteiger partial charge in [-0.3, -0.25) is 9.78 Å². The van der Waals surface area contributed by atoms with Crippen LogP contribution in [0.3, 0.4) is 0 Å². The van der Waals surface area contributed by atoms with Crippen molar-refractivity contribution in [2.75, 3.05) is 13.2 Å². The first-order valence-electron chi connectivity index (χ1n) is 9.03. The van der Waals surface area contributed by atoms with Gasteiger partial charge in [0.1, 0.15) is 12.9 Å². The third-order valence-electron chi connectivity index (χ3n) is 4.24. The number of aromatic nitrogens is 3. The highest BCUT2D eigenvalue weighted by molar-refractivity contribution is 7.09. The number of hydrogen-bond donors (Lipinski definition) is 1. The van der Waals surface area contributed by atoms with Gasteiger partial charge < -0.3 is 19.5 Å². The summed E-state index contributed by atoms with van der Waals surface area (Å²) in [5.41, 5.74) is 1.74. The molecule has 1 atom stereocenters. The van der Waals surface area contributed by atoms with Crippen molar-refractivity contribution in [1.82, 2.24) is 20.3 Å². The summed E-state index contributed by atoms with van der Waals surface area (Å²) in [6.07, 6.45) is 5.13. The van der Waals surface area contributed by atoms with Gasteiger partial charge in [-0.2, -0.15) is 0 Å². The van der Waals surface area contributed by atoms with E-state index in [9.17, 15) is 4.79 Å². The van der Waals surface area contributed by atoms with Crippen LogP contribution in [0.5, 0.6) is 11.8 Å². The molecule has 1 fully saturated rings. The number of amides is 1. The molecule has 0 aliphatic heterocycles. The van der Waals surface area contributed by atoms with Crippen molar-refractivity contribution in [2.24, 2.45) is 5.92 Å². The Morgan fingerprint density at radius 3 is 2.79 bits per heavy atom. The molecular weight excluding hydrogens is 404 g/mol. The second kappa shape index (κ2) is 9.99. The molecule has 2 aromatic rings. The highest BCUT2D eigenvalue weighted by Crippen LogP contribution is 2.34. The number of thiazole rings is 1. The summed E-state index contributed by atoms with van der Waals surface area (Å²) in [6.45, 7) is 4.79. The summed E-state index contributed by atoms with van der Waals surface area (Å²) < 4.78 is 17.2. The average molecular weight is 427 g/mol. The van der Waals surface area contributed by atoms with E-state index in [1.165, 1.54) is 24.6 Å². The number of ether oxygens (including phenoxy) is 3. The van der Waals surface area contributed by atoms with Crippen molar-refractivity contribution in [3.05, 3.63) is 27.9 Å². The molecule has 1 N–H and O–H groups in total. The van der Waals surface area contributed by atoms with E-state index in [4.69, 9.17) is 25.8 Å². The van der Waals surface area contributed by atoms with Crippen LogP contribution in [0.2, 0.25) is 5.02 Å². The molecule has 152 valence electrons.